The molecule has 0 aromatic rings. The van der Waals surface area contributed by atoms with Crippen molar-refractivity contribution in [1.82, 2.24) is 4.90 Å². The van der Waals surface area contributed by atoms with Crippen LogP contribution in [0.4, 0.5) is 0 Å². The van der Waals surface area contributed by atoms with Gasteiger partial charge in [-0.25, -0.2) is 0 Å². The van der Waals surface area contributed by atoms with Crippen LogP contribution in [0.15, 0.2) is 0 Å². The predicted octanol–water partition coefficient (Wildman–Crippen LogP) is 1.74. The molecule has 1 rings (SSSR count). The van der Waals surface area contributed by atoms with E-state index in [1.165, 1.54) is 6.42 Å². The van der Waals surface area contributed by atoms with Crippen LogP contribution in [0, 0.1) is 18.3 Å². The van der Waals surface area contributed by atoms with E-state index in [4.69, 9.17) is 6.42 Å². The topological polar surface area (TPSA) is 3.24 Å². The van der Waals surface area contributed by atoms with Gasteiger partial charge in [0.05, 0.1) is 6.54 Å². The Bertz CT molecular complexity index is 176. The fourth-order valence-corrected chi connectivity index (χ4v) is 2.06. The molecule has 0 spiro atoms. The molecule has 62 valence electrons. The molecule has 1 unspecified atom stereocenters. The summed E-state index contributed by atoms with van der Waals surface area (Å²) in [5, 5.41) is 0. The van der Waals surface area contributed by atoms with Crippen LogP contribution in [0.25, 0.3) is 0 Å². The highest BCUT2D eigenvalue weighted by Gasteiger charge is 2.35. The summed E-state index contributed by atoms with van der Waals surface area (Å²) >= 11 is 0. The van der Waals surface area contributed by atoms with Crippen LogP contribution in [-0.2, 0) is 0 Å². The summed E-state index contributed by atoms with van der Waals surface area (Å²) in [6.45, 7) is 8.80. The predicted molar refractivity (Wildman–Crippen MR) is 48.3 cm³/mol. The molecule has 0 aromatic heterocycles. The van der Waals surface area contributed by atoms with Crippen molar-refractivity contribution in [3.05, 3.63) is 0 Å². The average molecular weight is 151 g/mol. The van der Waals surface area contributed by atoms with Crippen molar-refractivity contribution < 1.29 is 0 Å². The Labute approximate surface area is 69.8 Å². The van der Waals surface area contributed by atoms with E-state index in [0.717, 1.165) is 19.0 Å². The highest BCUT2D eigenvalue weighted by atomic mass is 15.2. The maximum atomic E-state index is 5.28. The third-order valence-electron chi connectivity index (χ3n) is 2.52. The molecule has 0 N–H and O–H groups in total. The lowest BCUT2D eigenvalue weighted by Crippen LogP contribution is -2.38. The van der Waals surface area contributed by atoms with Gasteiger partial charge in [-0.05, 0) is 26.2 Å². The molecule has 1 nitrogen and oxygen atoms in total. The Balaban J connectivity index is 2.60. The van der Waals surface area contributed by atoms with E-state index < -0.39 is 0 Å². The second-order valence-electron chi connectivity index (χ2n) is 4.21. The molecule has 0 amide bonds. The van der Waals surface area contributed by atoms with E-state index in [2.05, 4.69) is 31.6 Å². The lowest BCUT2D eigenvalue weighted by molar-refractivity contribution is 0.198. The quantitative estimate of drug-likeness (QED) is 0.516. The molecule has 1 heterocycles. The molecule has 11 heavy (non-hydrogen) atoms. The van der Waals surface area contributed by atoms with E-state index in [0.29, 0.717) is 5.54 Å². The van der Waals surface area contributed by atoms with Gasteiger partial charge < -0.3 is 0 Å². The van der Waals surface area contributed by atoms with Gasteiger partial charge in [0.25, 0.3) is 0 Å². The van der Waals surface area contributed by atoms with Crippen LogP contribution in [-0.4, -0.2) is 23.5 Å². The van der Waals surface area contributed by atoms with Gasteiger partial charge in [-0.1, -0.05) is 12.8 Å². The van der Waals surface area contributed by atoms with Gasteiger partial charge in [0.15, 0.2) is 0 Å². The SMILES string of the molecule is C#CCN1CC(C)CC1(C)C. The summed E-state index contributed by atoms with van der Waals surface area (Å²) in [5.74, 6) is 3.52. The molecule has 1 aliphatic heterocycles. The minimum atomic E-state index is 0.325. The van der Waals surface area contributed by atoms with Crippen molar-refractivity contribution in [2.24, 2.45) is 5.92 Å². The zero-order chi connectivity index (χ0) is 8.48. The lowest BCUT2D eigenvalue weighted by Gasteiger charge is -2.29. The Morgan fingerprint density at radius 1 is 1.64 bits per heavy atom. The van der Waals surface area contributed by atoms with Crippen molar-refractivity contribution >= 4 is 0 Å². The summed E-state index contributed by atoms with van der Waals surface area (Å²) < 4.78 is 0. The number of rotatable bonds is 1. The van der Waals surface area contributed by atoms with Crippen LogP contribution in [0.2, 0.25) is 0 Å². The van der Waals surface area contributed by atoms with Crippen LogP contribution >= 0.6 is 0 Å². The third kappa shape index (κ3) is 1.75. The number of likely N-dealkylation sites (tertiary alicyclic amines) is 1. The monoisotopic (exact) mass is 151 g/mol. The van der Waals surface area contributed by atoms with Crippen molar-refractivity contribution in [2.75, 3.05) is 13.1 Å². The Hall–Kier alpha value is -0.480. The molecule has 1 aliphatic rings. The maximum Gasteiger partial charge on any atom is 0.0603 e. The highest BCUT2D eigenvalue weighted by molar-refractivity contribution is 4.98. The van der Waals surface area contributed by atoms with E-state index in [1.807, 2.05) is 0 Å². The molecule has 1 saturated heterocycles. The largest absolute Gasteiger partial charge is 0.287 e. The van der Waals surface area contributed by atoms with Gasteiger partial charge in [-0.3, -0.25) is 4.90 Å². The molecule has 0 aromatic carbocycles. The normalized spacial score (nSPS) is 30.2. The van der Waals surface area contributed by atoms with E-state index in [-0.39, 0.29) is 0 Å². The third-order valence-corrected chi connectivity index (χ3v) is 2.52. The van der Waals surface area contributed by atoms with Gasteiger partial charge >= 0.3 is 0 Å². The first-order valence-electron chi connectivity index (χ1n) is 4.25. The number of terminal acetylenes is 1. The van der Waals surface area contributed by atoms with Crippen molar-refractivity contribution in [2.45, 2.75) is 32.7 Å². The van der Waals surface area contributed by atoms with Crippen molar-refractivity contribution in [3.8, 4) is 12.3 Å². The fraction of sp³-hybridized carbons (Fsp3) is 0.800. The molecular formula is C10H17N. The summed E-state index contributed by atoms with van der Waals surface area (Å²) in [6, 6.07) is 0. The first-order valence-corrected chi connectivity index (χ1v) is 4.25. The maximum absolute atomic E-state index is 5.28. The van der Waals surface area contributed by atoms with Crippen LogP contribution in [0.3, 0.4) is 0 Å². The molecule has 1 fully saturated rings. The van der Waals surface area contributed by atoms with E-state index in [1.54, 1.807) is 0 Å². The smallest absolute Gasteiger partial charge is 0.0603 e. The average Bonchev–Trinajstić information content (AvgIpc) is 2.07. The molecule has 1 atom stereocenters. The Morgan fingerprint density at radius 3 is 2.64 bits per heavy atom. The van der Waals surface area contributed by atoms with Gasteiger partial charge in [-0.2, -0.15) is 0 Å². The fourth-order valence-electron chi connectivity index (χ4n) is 2.06. The van der Waals surface area contributed by atoms with E-state index >= 15 is 0 Å². The molecule has 0 aliphatic carbocycles. The molecule has 0 radical (unpaired) electrons. The zero-order valence-electron chi connectivity index (χ0n) is 7.72. The number of hydrogen-bond donors (Lipinski definition) is 0. The second kappa shape index (κ2) is 2.87. The van der Waals surface area contributed by atoms with Gasteiger partial charge in [0, 0.05) is 12.1 Å². The Kier molecular flexibility index (Phi) is 2.25. The van der Waals surface area contributed by atoms with Crippen molar-refractivity contribution in [1.29, 1.82) is 0 Å². The first-order chi connectivity index (χ1) is 5.06. The second-order valence-corrected chi connectivity index (χ2v) is 4.21. The minimum absolute atomic E-state index is 0.325. The Morgan fingerprint density at radius 2 is 2.27 bits per heavy atom. The first kappa shape index (κ1) is 8.62. The molecule has 0 saturated carbocycles. The van der Waals surface area contributed by atoms with Crippen LogP contribution in [0.1, 0.15) is 27.2 Å². The summed E-state index contributed by atoms with van der Waals surface area (Å²) in [4.78, 5) is 2.39. The highest BCUT2D eigenvalue weighted by Crippen LogP contribution is 2.31. The number of nitrogens with zero attached hydrogens (tertiary/aromatic N) is 1. The standard InChI is InChI=1S/C10H17N/c1-5-6-11-8-9(2)7-10(11,3)4/h1,9H,6-8H2,2-4H3. The van der Waals surface area contributed by atoms with Crippen LogP contribution in [0.5, 0.6) is 0 Å². The summed E-state index contributed by atoms with van der Waals surface area (Å²) in [7, 11) is 0. The minimum Gasteiger partial charge on any atom is -0.287 e. The number of hydrogen-bond acceptors (Lipinski definition) is 1. The van der Waals surface area contributed by atoms with Gasteiger partial charge in [0.1, 0.15) is 0 Å². The lowest BCUT2D eigenvalue weighted by atomic mass is 9.98. The summed E-state index contributed by atoms with van der Waals surface area (Å²) in [6.07, 6.45) is 6.56. The van der Waals surface area contributed by atoms with Gasteiger partial charge in [-0.15, -0.1) is 6.42 Å². The van der Waals surface area contributed by atoms with Gasteiger partial charge in [0.2, 0.25) is 0 Å². The van der Waals surface area contributed by atoms with Crippen molar-refractivity contribution in [3.63, 3.8) is 0 Å². The zero-order valence-corrected chi connectivity index (χ0v) is 7.72. The van der Waals surface area contributed by atoms with E-state index in [9.17, 15) is 0 Å². The summed E-state index contributed by atoms with van der Waals surface area (Å²) in [5.41, 5.74) is 0.325. The van der Waals surface area contributed by atoms with Crippen LogP contribution < -0.4 is 0 Å². The molecular weight excluding hydrogens is 134 g/mol. The molecule has 0 bridgehead atoms. The molecule has 1 heteroatoms.